The van der Waals surface area contributed by atoms with E-state index in [0.717, 1.165) is 17.5 Å². The summed E-state index contributed by atoms with van der Waals surface area (Å²) >= 11 is 6.58. The van der Waals surface area contributed by atoms with Gasteiger partial charge in [-0.3, -0.25) is 9.69 Å². The molecule has 1 aliphatic rings. The molecule has 26 heavy (non-hydrogen) atoms. The Morgan fingerprint density at radius 2 is 1.88 bits per heavy atom. The zero-order valence-electron chi connectivity index (χ0n) is 14.0. The second-order valence-electron chi connectivity index (χ2n) is 5.66. The Bertz CT molecular complexity index is 1030. The highest BCUT2D eigenvalue weighted by atomic mass is 32.2. The minimum absolute atomic E-state index is 0.190. The van der Waals surface area contributed by atoms with E-state index in [9.17, 15) is 13.2 Å². The van der Waals surface area contributed by atoms with E-state index >= 15 is 0 Å². The minimum Gasteiger partial charge on any atom is -0.383 e. The lowest BCUT2D eigenvalue weighted by molar-refractivity contribution is -0.113. The van der Waals surface area contributed by atoms with Crippen LogP contribution >= 0.6 is 24.0 Å². The van der Waals surface area contributed by atoms with Crippen molar-refractivity contribution in [2.45, 2.75) is 6.92 Å². The summed E-state index contributed by atoms with van der Waals surface area (Å²) in [6.07, 6.45) is 2.65. The van der Waals surface area contributed by atoms with Crippen molar-refractivity contribution in [2.75, 3.05) is 11.2 Å². The molecule has 1 amide bonds. The van der Waals surface area contributed by atoms with Gasteiger partial charge in [0.15, 0.2) is 4.32 Å². The van der Waals surface area contributed by atoms with Crippen molar-refractivity contribution >= 4 is 56.1 Å². The Morgan fingerprint density at radius 1 is 1.15 bits per heavy atom. The third-order valence-electron chi connectivity index (χ3n) is 3.55. The molecule has 0 atom stereocenters. The van der Waals surface area contributed by atoms with Crippen molar-refractivity contribution in [3.8, 4) is 5.75 Å². The molecule has 1 fully saturated rings. The van der Waals surface area contributed by atoms with Crippen LogP contribution in [0, 0.1) is 6.92 Å². The number of anilines is 1. The molecule has 0 saturated carbocycles. The van der Waals surface area contributed by atoms with Gasteiger partial charge in [-0.25, -0.2) is 0 Å². The summed E-state index contributed by atoms with van der Waals surface area (Å²) < 4.78 is 27.9. The van der Waals surface area contributed by atoms with Crippen LogP contribution in [-0.2, 0) is 14.9 Å². The predicted molar refractivity (Wildman–Crippen MR) is 109 cm³/mol. The molecule has 1 heterocycles. The molecule has 5 nitrogen and oxygen atoms in total. The number of aryl methyl sites for hydroxylation is 1. The lowest BCUT2D eigenvalue weighted by Gasteiger charge is -2.16. The minimum atomic E-state index is -3.61. The van der Waals surface area contributed by atoms with Crippen LogP contribution in [0.25, 0.3) is 6.08 Å². The lowest BCUT2D eigenvalue weighted by Crippen LogP contribution is -2.28. The normalized spacial score (nSPS) is 16.4. The molecule has 0 spiro atoms. The zero-order chi connectivity index (χ0) is 18.9. The molecule has 2 aromatic rings. The van der Waals surface area contributed by atoms with Gasteiger partial charge >= 0.3 is 10.1 Å². The molecule has 8 heteroatoms. The fourth-order valence-electron chi connectivity index (χ4n) is 2.47. The molecule has 134 valence electrons. The number of hydrogen-bond acceptors (Lipinski definition) is 6. The van der Waals surface area contributed by atoms with Gasteiger partial charge in [0, 0.05) is 0 Å². The van der Waals surface area contributed by atoms with Crippen LogP contribution in [0.15, 0.2) is 53.4 Å². The van der Waals surface area contributed by atoms with Gasteiger partial charge < -0.3 is 4.18 Å². The van der Waals surface area contributed by atoms with Crippen molar-refractivity contribution in [1.29, 1.82) is 0 Å². The lowest BCUT2D eigenvalue weighted by atomic mass is 10.1. The molecule has 0 unspecified atom stereocenters. The van der Waals surface area contributed by atoms with E-state index in [1.54, 1.807) is 24.3 Å². The van der Waals surface area contributed by atoms with E-state index in [-0.39, 0.29) is 11.7 Å². The largest absolute Gasteiger partial charge is 0.383 e. The first-order chi connectivity index (χ1) is 12.2. The van der Waals surface area contributed by atoms with Crippen molar-refractivity contribution in [3.63, 3.8) is 0 Å². The molecule has 2 aromatic carbocycles. The van der Waals surface area contributed by atoms with Gasteiger partial charge in [0.2, 0.25) is 0 Å². The van der Waals surface area contributed by atoms with Gasteiger partial charge in [-0.15, -0.1) is 0 Å². The average molecular weight is 406 g/mol. The van der Waals surface area contributed by atoms with Gasteiger partial charge in [-0.2, -0.15) is 8.42 Å². The summed E-state index contributed by atoms with van der Waals surface area (Å²) in [7, 11) is -3.61. The number of nitrogens with zero attached hydrogens (tertiary/aromatic N) is 1. The Hall–Kier alpha value is -2.16. The fourth-order valence-corrected chi connectivity index (χ4v) is 4.21. The summed E-state index contributed by atoms with van der Waals surface area (Å²) in [5.41, 5.74) is 2.36. The Morgan fingerprint density at radius 3 is 2.58 bits per heavy atom. The average Bonchev–Trinajstić information content (AvgIpc) is 2.81. The third-order valence-corrected chi connectivity index (χ3v) is 5.35. The first kappa shape index (κ1) is 18.6. The van der Waals surface area contributed by atoms with Crippen LogP contribution in [0.2, 0.25) is 0 Å². The van der Waals surface area contributed by atoms with Gasteiger partial charge in [0.1, 0.15) is 5.75 Å². The molecule has 1 aliphatic heterocycles. The first-order valence-electron chi connectivity index (χ1n) is 7.58. The molecule has 0 aromatic heterocycles. The summed E-state index contributed by atoms with van der Waals surface area (Å²) in [6, 6.07) is 14.0. The highest BCUT2D eigenvalue weighted by Crippen LogP contribution is 2.37. The number of para-hydroxylation sites is 1. The Labute approximate surface area is 161 Å². The smallest absolute Gasteiger partial charge is 0.306 e. The van der Waals surface area contributed by atoms with Crippen LogP contribution < -0.4 is 9.08 Å². The molecule has 3 rings (SSSR count). The van der Waals surface area contributed by atoms with Crippen LogP contribution in [0.3, 0.4) is 0 Å². The van der Waals surface area contributed by atoms with Crippen molar-refractivity contribution < 1.29 is 17.4 Å². The van der Waals surface area contributed by atoms with E-state index in [4.69, 9.17) is 16.4 Å². The number of carbonyl (C=O) groups excluding carboxylic acids is 1. The number of thiocarbonyl (C=S) groups is 1. The number of rotatable bonds is 4. The number of carbonyl (C=O) groups is 1. The Kier molecular flexibility index (Phi) is 5.17. The fraction of sp³-hybridized carbons (Fsp3) is 0.111. The van der Waals surface area contributed by atoms with Gasteiger partial charge in [0.05, 0.1) is 16.8 Å². The second-order valence-corrected chi connectivity index (χ2v) is 8.91. The predicted octanol–water partition coefficient (Wildman–Crippen LogP) is 3.74. The standard InChI is InChI=1S/C18H15NO4S3/c1-12-6-3-4-9-15(12)19-17(20)16(25-18(19)24)11-13-7-5-8-14(10-13)23-26(2,21)22/h3-11H,1-2H3/b16-11-. The highest BCUT2D eigenvalue weighted by molar-refractivity contribution is 8.27. The SMILES string of the molecule is Cc1ccccc1N1C(=O)/C(=C/c2cccc(OS(C)(=O)=O)c2)SC1=S. The summed E-state index contributed by atoms with van der Waals surface area (Å²) in [5.74, 6) is -0.0145. The molecule has 0 aliphatic carbocycles. The van der Waals surface area contributed by atoms with Crippen molar-refractivity contribution in [1.82, 2.24) is 0 Å². The van der Waals surface area contributed by atoms with E-state index < -0.39 is 10.1 Å². The summed E-state index contributed by atoms with van der Waals surface area (Å²) in [5, 5.41) is 0. The van der Waals surface area contributed by atoms with Crippen LogP contribution in [0.5, 0.6) is 5.75 Å². The maximum Gasteiger partial charge on any atom is 0.306 e. The van der Waals surface area contributed by atoms with E-state index in [1.165, 1.54) is 22.7 Å². The maximum absolute atomic E-state index is 12.8. The quantitative estimate of drug-likeness (QED) is 0.439. The van der Waals surface area contributed by atoms with Crippen molar-refractivity contribution in [2.24, 2.45) is 0 Å². The van der Waals surface area contributed by atoms with Crippen LogP contribution in [-0.4, -0.2) is 24.9 Å². The van der Waals surface area contributed by atoms with Crippen LogP contribution in [0.1, 0.15) is 11.1 Å². The third kappa shape index (κ3) is 4.14. The van der Waals surface area contributed by atoms with Crippen molar-refractivity contribution in [3.05, 3.63) is 64.6 Å². The molecular weight excluding hydrogens is 390 g/mol. The Balaban J connectivity index is 1.91. The number of benzene rings is 2. The highest BCUT2D eigenvalue weighted by Gasteiger charge is 2.33. The monoisotopic (exact) mass is 405 g/mol. The molecule has 0 radical (unpaired) electrons. The first-order valence-corrected chi connectivity index (χ1v) is 10.6. The number of hydrogen-bond donors (Lipinski definition) is 0. The van der Waals surface area contributed by atoms with Gasteiger partial charge in [-0.05, 0) is 42.3 Å². The molecule has 0 N–H and O–H groups in total. The number of thioether (sulfide) groups is 1. The molecule has 1 saturated heterocycles. The van der Waals surface area contributed by atoms with Crippen LogP contribution in [0.4, 0.5) is 5.69 Å². The van der Waals surface area contributed by atoms with E-state index in [2.05, 4.69) is 0 Å². The number of amides is 1. The van der Waals surface area contributed by atoms with Gasteiger partial charge in [0.25, 0.3) is 5.91 Å². The van der Waals surface area contributed by atoms with E-state index in [1.807, 2.05) is 31.2 Å². The summed E-state index contributed by atoms with van der Waals surface area (Å²) in [4.78, 5) is 14.8. The molecule has 0 bridgehead atoms. The zero-order valence-corrected chi connectivity index (χ0v) is 16.5. The van der Waals surface area contributed by atoms with Gasteiger partial charge in [-0.1, -0.05) is 54.3 Å². The maximum atomic E-state index is 12.8. The topological polar surface area (TPSA) is 63.7 Å². The second kappa shape index (κ2) is 7.22. The molecular formula is C18H15NO4S3. The summed E-state index contributed by atoms with van der Waals surface area (Å²) in [6.45, 7) is 1.92. The van der Waals surface area contributed by atoms with E-state index in [0.29, 0.717) is 14.8 Å².